The lowest BCUT2D eigenvalue weighted by molar-refractivity contribution is 0.309. The van der Waals surface area contributed by atoms with Crippen LogP contribution in [0.1, 0.15) is 44.9 Å². The summed E-state index contributed by atoms with van der Waals surface area (Å²) < 4.78 is 0. The summed E-state index contributed by atoms with van der Waals surface area (Å²) in [4.78, 5) is 2.68. The molecule has 0 spiro atoms. The minimum atomic E-state index is 0.812. The van der Waals surface area contributed by atoms with Crippen LogP contribution in [0.4, 0.5) is 0 Å². The molecule has 3 aliphatic rings. The zero-order valence-electron chi connectivity index (χ0n) is 9.75. The van der Waals surface area contributed by atoms with E-state index in [4.69, 9.17) is 0 Å². The largest absolute Gasteiger partial charge is 0.310 e. The van der Waals surface area contributed by atoms with Crippen molar-refractivity contribution in [1.82, 2.24) is 10.2 Å². The summed E-state index contributed by atoms with van der Waals surface area (Å²) in [5.74, 6) is 1.07. The second-order valence-electron chi connectivity index (χ2n) is 5.84. The van der Waals surface area contributed by atoms with E-state index in [9.17, 15) is 0 Å². The van der Waals surface area contributed by atoms with Gasteiger partial charge in [0, 0.05) is 25.2 Å². The maximum atomic E-state index is 3.86. The van der Waals surface area contributed by atoms with E-state index in [2.05, 4.69) is 10.2 Å². The van der Waals surface area contributed by atoms with Crippen molar-refractivity contribution in [3.63, 3.8) is 0 Å². The topological polar surface area (TPSA) is 15.3 Å². The fraction of sp³-hybridized carbons (Fsp3) is 1.00. The number of nitrogens with zero attached hydrogens (tertiary/aromatic N) is 1. The Morgan fingerprint density at radius 2 is 1.73 bits per heavy atom. The third-order valence-electron chi connectivity index (χ3n) is 4.31. The molecule has 0 aromatic rings. The lowest BCUT2D eigenvalue weighted by Gasteiger charge is -2.19. The third kappa shape index (κ3) is 2.73. The van der Waals surface area contributed by atoms with Crippen LogP contribution in [0.5, 0.6) is 0 Å². The monoisotopic (exact) mass is 208 g/mol. The van der Waals surface area contributed by atoms with E-state index in [1.807, 2.05) is 0 Å². The minimum absolute atomic E-state index is 0.812. The fourth-order valence-corrected chi connectivity index (χ4v) is 3.23. The fourth-order valence-electron chi connectivity index (χ4n) is 3.23. The first kappa shape index (κ1) is 10.1. The Balaban J connectivity index is 1.39. The predicted molar refractivity (Wildman–Crippen MR) is 63.0 cm³/mol. The van der Waals surface area contributed by atoms with Crippen LogP contribution >= 0.6 is 0 Å². The number of hydrogen-bond donors (Lipinski definition) is 1. The number of hydrogen-bond acceptors (Lipinski definition) is 2. The quantitative estimate of drug-likeness (QED) is 0.760. The Labute approximate surface area is 93.4 Å². The predicted octanol–water partition coefficient (Wildman–Crippen LogP) is 2.00. The molecule has 0 amide bonds. The van der Waals surface area contributed by atoms with Crippen molar-refractivity contribution < 1.29 is 0 Å². The highest BCUT2D eigenvalue weighted by atomic mass is 15.2. The molecule has 1 saturated heterocycles. The smallest absolute Gasteiger partial charge is 0.0209 e. The van der Waals surface area contributed by atoms with Gasteiger partial charge in [-0.3, -0.25) is 0 Å². The lowest BCUT2D eigenvalue weighted by atomic mass is 10.2. The van der Waals surface area contributed by atoms with Gasteiger partial charge in [0.1, 0.15) is 0 Å². The molecule has 1 aliphatic heterocycles. The van der Waals surface area contributed by atoms with Crippen molar-refractivity contribution in [2.45, 2.75) is 57.0 Å². The Kier molecular flexibility index (Phi) is 2.98. The van der Waals surface area contributed by atoms with Crippen LogP contribution in [-0.4, -0.2) is 36.6 Å². The molecular formula is C13H24N2. The summed E-state index contributed by atoms with van der Waals surface area (Å²) in [5, 5.41) is 3.86. The van der Waals surface area contributed by atoms with Gasteiger partial charge in [-0.2, -0.15) is 0 Å². The molecule has 86 valence electrons. The normalized spacial score (nSPS) is 34.0. The molecule has 3 fully saturated rings. The van der Waals surface area contributed by atoms with Crippen LogP contribution in [0.2, 0.25) is 0 Å². The standard InChI is InChI=1S/C13H24N2/c1-2-4-12(3-1)14-13-7-8-15(10-13)9-11-5-6-11/h11-14H,1-10H2/t13-/m0/s1. The van der Waals surface area contributed by atoms with Crippen LogP contribution in [0.3, 0.4) is 0 Å². The maximum absolute atomic E-state index is 3.86. The number of likely N-dealkylation sites (tertiary alicyclic amines) is 1. The van der Waals surface area contributed by atoms with Gasteiger partial charge < -0.3 is 10.2 Å². The van der Waals surface area contributed by atoms with Crippen molar-refractivity contribution >= 4 is 0 Å². The first-order chi connectivity index (χ1) is 7.40. The molecule has 2 aliphatic carbocycles. The van der Waals surface area contributed by atoms with E-state index in [1.165, 1.54) is 64.6 Å². The second-order valence-corrected chi connectivity index (χ2v) is 5.84. The molecule has 2 saturated carbocycles. The van der Waals surface area contributed by atoms with Crippen molar-refractivity contribution in [3.8, 4) is 0 Å². The van der Waals surface area contributed by atoms with Gasteiger partial charge in [-0.15, -0.1) is 0 Å². The molecule has 1 N–H and O–H groups in total. The summed E-state index contributed by atoms with van der Waals surface area (Å²) in [5.41, 5.74) is 0. The van der Waals surface area contributed by atoms with Gasteiger partial charge in [-0.05, 0) is 44.6 Å². The van der Waals surface area contributed by atoms with E-state index in [0.29, 0.717) is 0 Å². The molecule has 2 nitrogen and oxygen atoms in total. The van der Waals surface area contributed by atoms with Crippen LogP contribution in [0.25, 0.3) is 0 Å². The van der Waals surface area contributed by atoms with Gasteiger partial charge in [0.2, 0.25) is 0 Å². The van der Waals surface area contributed by atoms with Gasteiger partial charge >= 0.3 is 0 Å². The SMILES string of the molecule is C1CCC(N[C@H]2CCN(CC3CC3)C2)C1. The molecule has 2 heteroatoms. The van der Waals surface area contributed by atoms with E-state index >= 15 is 0 Å². The highest BCUT2D eigenvalue weighted by molar-refractivity contribution is 4.88. The summed E-state index contributed by atoms with van der Waals surface area (Å²) in [7, 11) is 0. The van der Waals surface area contributed by atoms with Crippen molar-refractivity contribution in [2.75, 3.05) is 19.6 Å². The lowest BCUT2D eigenvalue weighted by Crippen LogP contribution is -2.38. The zero-order chi connectivity index (χ0) is 10.1. The molecule has 0 bridgehead atoms. The Morgan fingerprint density at radius 3 is 2.47 bits per heavy atom. The first-order valence-corrected chi connectivity index (χ1v) is 6.88. The van der Waals surface area contributed by atoms with Gasteiger partial charge in [0.05, 0.1) is 0 Å². The molecule has 0 aromatic carbocycles. The van der Waals surface area contributed by atoms with Gasteiger partial charge in [0.25, 0.3) is 0 Å². The van der Waals surface area contributed by atoms with Crippen LogP contribution < -0.4 is 5.32 Å². The van der Waals surface area contributed by atoms with Crippen LogP contribution in [0, 0.1) is 5.92 Å². The molecule has 0 unspecified atom stereocenters. The van der Waals surface area contributed by atoms with Crippen molar-refractivity contribution in [2.24, 2.45) is 5.92 Å². The Bertz CT molecular complexity index is 207. The van der Waals surface area contributed by atoms with Crippen LogP contribution in [-0.2, 0) is 0 Å². The highest BCUT2D eigenvalue weighted by Crippen LogP contribution is 2.31. The number of nitrogens with one attached hydrogen (secondary N) is 1. The zero-order valence-corrected chi connectivity index (χ0v) is 9.75. The average molecular weight is 208 g/mol. The first-order valence-electron chi connectivity index (χ1n) is 6.88. The molecule has 0 aromatic heterocycles. The molecular weight excluding hydrogens is 184 g/mol. The highest BCUT2D eigenvalue weighted by Gasteiger charge is 2.30. The molecule has 3 rings (SSSR count). The van der Waals surface area contributed by atoms with E-state index in [0.717, 1.165) is 18.0 Å². The minimum Gasteiger partial charge on any atom is -0.310 e. The van der Waals surface area contributed by atoms with E-state index < -0.39 is 0 Å². The van der Waals surface area contributed by atoms with E-state index in [-0.39, 0.29) is 0 Å². The summed E-state index contributed by atoms with van der Waals surface area (Å²) in [6, 6.07) is 1.67. The van der Waals surface area contributed by atoms with Crippen molar-refractivity contribution in [1.29, 1.82) is 0 Å². The maximum Gasteiger partial charge on any atom is 0.0209 e. The third-order valence-corrected chi connectivity index (χ3v) is 4.31. The Morgan fingerprint density at radius 1 is 0.933 bits per heavy atom. The van der Waals surface area contributed by atoms with Gasteiger partial charge in [-0.25, -0.2) is 0 Å². The van der Waals surface area contributed by atoms with Crippen molar-refractivity contribution in [3.05, 3.63) is 0 Å². The average Bonchev–Trinajstić information content (AvgIpc) is 2.74. The second kappa shape index (κ2) is 4.42. The summed E-state index contributed by atoms with van der Waals surface area (Å²) in [6.45, 7) is 4.07. The molecule has 15 heavy (non-hydrogen) atoms. The Hall–Kier alpha value is -0.0800. The molecule has 0 radical (unpaired) electrons. The van der Waals surface area contributed by atoms with Gasteiger partial charge in [0.15, 0.2) is 0 Å². The van der Waals surface area contributed by atoms with Crippen LogP contribution in [0.15, 0.2) is 0 Å². The summed E-state index contributed by atoms with van der Waals surface area (Å²) >= 11 is 0. The summed E-state index contributed by atoms with van der Waals surface area (Å²) in [6.07, 6.45) is 10.2. The number of rotatable bonds is 4. The molecule has 1 heterocycles. The van der Waals surface area contributed by atoms with E-state index in [1.54, 1.807) is 0 Å². The van der Waals surface area contributed by atoms with Gasteiger partial charge in [-0.1, -0.05) is 12.8 Å². The molecule has 1 atom stereocenters.